The van der Waals surface area contributed by atoms with Crippen LogP contribution in [0.2, 0.25) is 0 Å². The highest BCUT2D eigenvalue weighted by atomic mass is 24.3. The van der Waals surface area contributed by atoms with Gasteiger partial charge < -0.3 is 10.4 Å². The van der Waals surface area contributed by atoms with Crippen molar-refractivity contribution >= 4 is 34.9 Å². The van der Waals surface area contributed by atoms with Crippen LogP contribution in [0.4, 0.5) is 0 Å². The number of hydrogen-bond donors (Lipinski definition) is 2. The molecule has 0 bridgehead atoms. The van der Waals surface area contributed by atoms with E-state index in [1.54, 1.807) is 0 Å². The van der Waals surface area contributed by atoms with Crippen LogP contribution in [-0.4, -0.2) is 46.1 Å². The number of carbonyl (C=O) groups excluding carboxylic acids is 1. The zero-order valence-corrected chi connectivity index (χ0v) is 4.76. The molecule has 54 valence electrons. The molecule has 1 amide bonds. The molecule has 1 heterocycles. The van der Waals surface area contributed by atoms with Crippen LogP contribution in [0.5, 0.6) is 0 Å². The molecule has 0 aromatic rings. The largest absolute Gasteiger partial charge is 0.480 e. The Morgan fingerprint density at radius 3 is 2.50 bits per heavy atom. The fraction of sp³-hybridized carbons (Fsp3) is 0.600. The van der Waals surface area contributed by atoms with Gasteiger partial charge in [-0.1, -0.05) is 0 Å². The molecule has 1 unspecified atom stereocenters. The SMILES string of the molecule is O=C1CCC(C(=O)O)N1.[MgH2]. The van der Waals surface area contributed by atoms with Gasteiger partial charge in [0.15, 0.2) is 0 Å². The van der Waals surface area contributed by atoms with E-state index in [0.717, 1.165) is 0 Å². The summed E-state index contributed by atoms with van der Waals surface area (Å²) in [7, 11) is 0. The van der Waals surface area contributed by atoms with Gasteiger partial charge in [-0.2, -0.15) is 0 Å². The first kappa shape index (κ1) is 9.71. The summed E-state index contributed by atoms with van der Waals surface area (Å²) in [5.74, 6) is -1.11. The summed E-state index contributed by atoms with van der Waals surface area (Å²) in [6.07, 6.45) is 0.769. The minimum atomic E-state index is -0.944. The predicted molar refractivity (Wildman–Crippen MR) is 37.3 cm³/mol. The van der Waals surface area contributed by atoms with Crippen molar-refractivity contribution in [3.8, 4) is 0 Å². The Kier molecular flexibility index (Phi) is 3.66. The van der Waals surface area contributed by atoms with Gasteiger partial charge >= 0.3 is 29.0 Å². The second-order valence-electron chi connectivity index (χ2n) is 2.00. The summed E-state index contributed by atoms with van der Waals surface area (Å²) in [5, 5.41) is 10.6. The Balaban J connectivity index is 0.000000810. The molecule has 4 nitrogen and oxygen atoms in total. The normalized spacial score (nSPS) is 23.2. The zero-order valence-electron chi connectivity index (χ0n) is 4.76. The van der Waals surface area contributed by atoms with E-state index in [4.69, 9.17) is 5.11 Å². The maximum Gasteiger partial charge on any atom is 0.326 e. The van der Waals surface area contributed by atoms with Crippen LogP contribution in [-0.2, 0) is 9.59 Å². The summed E-state index contributed by atoms with van der Waals surface area (Å²) in [6.45, 7) is 0. The molecule has 10 heavy (non-hydrogen) atoms. The van der Waals surface area contributed by atoms with Gasteiger partial charge in [0.2, 0.25) is 5.91 Å². The maximum atomic E-state index is 10.4. The van der Waals surface area contributed by atoms with Crippen molar-refractivity contribution in [1.82, 2.24) is 5.32 Å². The van der Waals surface area contributed by atoms with Crippen LogP contribution >= 0.6 is 0 Å². The lowest BCUT2D eigenvalue weighted by Crippen LogP contribution is -2.32. The number of carboxylic acid groups (broad SMARTS) is 1. The van der Waals surface area contributed by atoms with Crippen molar-refractivity contribution in [1.29, 1.82) is 0 Å². The van der Waals surface area contributed by atoms with Gasteiger partial charge in [0.1, 0.15) is 6.04 Å². The molecule has 0 aromatic carbocycles. The minimum absolute atomic E-state index is 0. The topological polar surface area (TPSA) is 66.4 Å². The summed E-state index contributed by atoms with van der Waals surface area (Å²) in [5.41, 5.74) is 0. The predicted octanol–water partition coefficient (Wildman–Crippen LogP) is -1.57. The van der Waals surface area contributed by atoms with Crippen LogP contribution in [0.25, 0.3) is 0 Å². The van der Waals surface area contributed by atoms with E-state index in [1.165, 1.54) is 0 Å². The van der Waals surface area contributed by atoms with Crippen LogP contribution in [0, 0.1) is 0 Å². The van der Waals surface area contributed by atoms with Gasteiger partial charge in [-0.25, -0.2) is 4.79 Å². The van der Waals surface area contributed by atoms with Crippen molar-refractivity contribution in [2.75, 3.05) is 0 Å². The third-order valence-corrected chi connectivity index (χ3v) is 1.29. The van der Waals surface area contributed by atoms with Crippen molar-refractivity contribution in [2.45, 2.75) is 18.9 Å². The number of carbonyl (C=O) groups is 2. The first-order valence-electron chi connectivity index (χ1n) is 2.72. The van der Waals surface area contributed by atoms with Crippen molar-refractivity contribution < 1.29 is 14.7 Å². The second-order valence-corrected chi connectivity index (χ2v) is 2.00. The van der Waals surface area contributed by atoms with E-state index in [1.807, 2.05) is 0 Å². The smallest absolute Gasteiger partial charge is 0.326 e. The Labute approximate surface area is 74.1 Å². The highest BCUT2D eigenvalue weighted by molar-refractivity contribution is 5.87. The zero-order chi connectivity index (χ0) is 6.85. The van der Waals surface area contributed by atoms with E-state index in [9.17, 15) is 9.59 Å². The van der Waals surface area contributed by atoms with Crippen LogP contribution in [0.3, 0.4) is 0 Å². The van der Waals surface area contributed by atoms with Crippen LogP contribution in [0.15, 0.2) is 0 Å². The Morgan fingerprint density at radius 1 is 1.70 bits per heavy atom. The number of rotatable bonds is 1. The number of amides is 1. The molecule has 0 aromatic heterocycles. The highest BCUT2D eigenvalue weighted by Crippen LogP contribution is 2.05. The van der Waals surface area contributed by atoms with E-state index in [2.05, 4.69) is 5.32 Å². The summed E-state index contributed by atoms with van der Waals surface area (Å²) >= 11 is 0. The van der Waals surface area contributed by atoms with E-state index >= 15 is 0 Å². The third-order valence-electron chi connectivity index (χ3n) is 1.29. The number of aliphatic carboxylic acids is 1. The van der Waals surface area contributed by atoms with E-state index < -0.39 is 12.0 Å². The van der Waals surface area contributed by atoms with Crippen LogP contribution < -0.4 is 5.32 Å². The minimum Gasteiger partial charge on any atom is -0.480 e. The first-order chi connectivity index (χ1) is 4.20. The lowest BCUT2D eigenvalue weighted by molar-refractivity contribution is -0.140. The molecule has 0 radical (unpaired) electrons. The number of nitrogens with one attached hydrogen (secondary N) is 1. The van der Waals surface area contributed by atoms with Gasteiger partial charge in [0.05, 0.1) is 0 Å². The first-order valence-corrected chi connectivity index (χ1v) is 2.72. The molecule has 0 spiro atoms. The molecule has 0 aliphatic carbocycles. The van der Waals surface area contributed by atoms with Gasteiger partial charge in [-0.15, -0.1) is 0 Å². The fourth-order valence-electron chi connectivity index (χ4n) is 0.799. The maximum absolute atomic E-state index is 10.4. The van der Waals surface area contributed by atoms with Crippen molar-refractivity contribution in [3.63, 3.8) is 0 Å². The molecule has 1 fully saturated rings. The van der Waals surface area contributed by atoms with Gasteiger partial charge in [-0.3, -0.25) is 4.79 Å². The Hall–Kier alpha value is -0.294. The second kappa shape index (κ2) is 3.77. The van der Waals surface area contributed by atoms with Gasteiger partial charge in [0.25, 0.3) is 0 Å². The Bertz CT molecular complexity index is 159. The fourth-order valence-corrected chi connectivity index (χ4v) is 0.799. The molecule has 5 heteroatoms. The average molecular weight is 155 g/mol. The molecule has 1 aliphatic rings. The molecule has 1 aliphatic heterocycles. The van der Waals surface area contributed by atoms with Crippen molar-refractivity contribution in [2.24, 2.45) is 0 Å². The van der Waals surface area contributed by atoms with Crippen molar-refractivity contribution in [3.05, 3.63) is 0 Å². The lowest BCUT2D eigenvalue weighted by atomic mass is 10.2. The summed E-state index contributed by atoms with van der Waals surface area (Å²) in [4.78, 5) is 20.5. The third kappa shape index (κ3) is 2.15. The lowest BCUT2D eigenvalue weighted by Gasteiger charge is -1.99. The quantitative estimate of drug-likeness (QED) is 0.450. The molecule has 1 atom stereocenters. The monoisotopic (exact) mass is 155 g/mol. The molecule has 2 N–H and O–H groups in total. The summed E-state index contributed by atoms with van der Waals surface area (Å²) < 4.78 is 0. The molecule has 0 saturated carbocycles. The van der Waals surface area contributed by atoms with Gasteiger partial charge in [0, 0.05) is 6.42 Å². The van der Waals surface area contributed by atoms with Gasteiger partial charge in [-0.05, 0) is 6.42 Å². The molecular weight excluding hydrogens is 146 g/mol. The standard InChI is InChI=1S/C5H7NO3.Mg.2H/c7-4-2-1-3(6-4)5(8)9;;;/h3H,1-2H2,(H,6,7)(H,8,9);;;. The number of carboxylic acids is 1. The van der Waals surface area contributed by atoms with Crippen LogP contribution in [0.1, 0.15) is 12.8 Å². The molecule has 1 rings (SSSR count). The van der Waals surface area contributed by atoms with E-state index in [-0.39, 0.29) is 29.0 Å². The summed E-state index contributed by atoms with van der Waals surface area (Å²) in [6, 6.07) is -0.641. The average Bonchev–Trinajstić information content (AvgIpc) is 2.14. The van der Waals surface area contributed by atoms with E-state index in [0.29, 0.717) is 12.8 Å². The highest BCUT2D eigenvalue weighted by Gasteiger charge is 2.26. The number of hydrogen-bond acceptors (Lipinski definition) is 2. The molecule has 1 saturated heterocycles. The Morgan fingerprint density at radius 2 is 2.30 bits per heavy atom. The molecular formula is C5H9MgNO3.